The molecule has 4 aromatic rings. The van der Waals surface area contributed by atoms with Gasteiger partial charge >= 0.3 is 0 Å². The Balaban J connectivity index is 1.39. The van der Waals surface area contributed by atoms with Crippen molar-refractivity contribution in [3.8, 4) is 5.75 Å². The fraction of sp³-hybridized carbons (Fsp3) is 0.107. The van der Waals surface area contributed by atoms with E-state index in [1.54, 1.807) is 18.3 Å². The van der Waals surface area contributed by atoms with Crippen molar-refractivity contribution in [3.63, 3.8) is 0 Å². The number of hydrogen-bond donors (Lipinski definition) is 2. The molecule has 0 aliphatic heterocycles. The van der Waals surface area contributed by atoms with Crippen LogP contribution in [0.25, 0.3) is 10.8 Å². The van der Waals surface area contributed by atoms with Crippen molar-refractivity contribution in [2.45, 2.75) is 19.4 Å². The fourth-order valence-corrected chi connectivity index (χ4v) is 3.47. The number of anilines is 1. The number of nitrogens with zero attached hydrogens (tertiary/aromatic N) is 1. The average molecular weight is 452 g/mol. The van der Waals surface area contributed by atoms with Crippen LogP contribution in [0.2, 0.25) is 0 Å². The molecule has 0 saturated heterocycles. The van der Waals surface area contributed by atoms with E-state index >= 15 is 0 Å². The lowest BCUT2D eigenvalue weighted by molar-refractivity contribution is -0.124. The number of hydrazone groups is 1. The molecular weight excluding hydrogens is 426 g/mol. The van der Waals surface area contributed by atoms with E-state index in [1.807, 2.05) is 84.9 Å². The maximum Gasteiger partial charge on any atom is 0.240 e. The highest BCUT2D eigenvalue weighted by Gasteiger charge is 2.09. The Morgan fingerprint density at radius 1 is 0.765 bits per heavy atom. The summed E-state index contributed by atoms with van der Waals surface area (Å²) in [5, 5.41) is 8.90. The number of para-hydroxylation sites is 1. The smallest absolute Gasteiger partial charge is 0.240 e. The highest BCUT2D eigenvalue weighted by molar-refractivity contribution is 6.02. The second-order valence-corrected chi connectivity index (χ2v) is 7.68. The van der Waals surface area contributed by atoms with Crippen molar-refractivity contribution in [2.75, 3.05) is 5.32 Å². The van der Waals surface area contributed by atoms with Crippen LogP contribution in [-0.4, -0.2) is 18.0 Å². The molecule has 6 nitrogen and oxygen atoms in total. The van der Waals surface area contributed by atoms with Gasteiger partial charge in [-0.3, -0.25) is 9.59 Å². The maximum absolute atomic E-state index is 12.2. The van der Waals surface area contributed by atoms with Crippen LogP contribution in [0.1, 0.15) is 24.0 Å². The minimum Gasteiger partial charge on any atom is -0.488 e. The van der Waals surface area contributed by atoms with E-state index in [2.05, 4.69) is 15.8 Å². The molecule has 2 amide bonds. The monoisotopic (exact) mass is 451 g/mol. The molecule has 6 heteroatoms. The SMILES string of the molecule is O=C(CCC(=O)Nc1ccccc1)NN=Cc1c(OCc2ccccc2)ccc2ccccc12. The minimum atomic E-state index is -0.341. The summed E-state index contributed by atoms with van der Waals surface area (Å²) in [6, 6.07) is 30.9. The van der Waals surface area contributed by atoms with E-state index in [1.165, 1.54) is 0 Å². The first-order chi connectivity index (χ1) is 16.7. The van der Waals surface area contributed by atoms with Crippen molar-refractivity contribution in [1.29, 1.82) is 0 Å². The zero-order chi connectivity index (χ0) is 23.6. The summed E-state index contributed by atoms with van der Waals surface area (Å²) in [6.07, 6.45) is 1.68. The molecule has 0 bridgehead atoms. The van der Waals surface area contributed by atoms with Gasteiger partial charge in [-0.2, -0.15) is 5.10 Å². The number of fused-ring (bicyclic) bond motifs is 1. The van der Waals surface area contributed by atoms with E-state index in [-0.39, 0.29) is 24.7 Å². The molecule has 4 rings (SSSR count). The number of rotatable bonds is 9. The quantitative estimate of drug-likeness (QED) is 0.268. The molecular formula is C28H25N3O3. The first-order valence-corrected chi connectivity index (χ1v) is 11.0. The van der Waals surface area contributed by atoms with Crippen LogP contribution >= 0.6 is 0 Å². The van der Waals surface area contributed by atoms with Gasteiger partial charge < -0.3 is 10.1 Å². The highest BCUT2D eigenvalue weighted by atomic mass is 16.5. The van der Waals surface area contributed by atoms with E-state index in [0.29, 0.717) is 18.0 Å². The van der Waals surface area contributed by atoms with E-state index in [4.69, 9.17) is 4.74 Å². The molecule has 0 fully saturated rings. The lowest BCUT2D eigenvalue weighted by atomic mass is 10.0. The van der Waals surface area contributed by atoms with Crippen LogP contribution in [0.15, 0.2) is 102 Å². The topological polar surface area (TPSA) is 79.8 Å². The van der Waals surface area contributed by atoms with Crippen LogP contribution in [0.5, 0.6) is 5.75 Å². The summed E-state index contributed by atoms with van der Waals surface area (Å²) < 4.78 is 6.07. The molecule has 4 aromatic carbocycles. The van der Waals surface area contributed by atoms with Crippen LogP contribution in [0.4, 0.5) is 5.69 Å². The molecule has 0 saturated carbocycles. The predicted octanol–water partition coefficient (Wildman–Crippen LogP) is 5.29. The van der Waals surface area contributed by atoms with E-state index < -0.39 is 0 Å². The Labute approximate surface area is 198 Å². The Hall–Kier alpha value is -4.45. The van der Waals surface area contributed by atoms with Gasteiger partial charge in [0.2, 0.25) is 11.8 Å². The minimum absolute atomic E-state index is 0.0307. The second-order valence-electron chi connectivity index (χ2n) is 7.68. The highest BCUT2D eigenvalue weighted by Crippen LogP contribution is 2.27. The van der Waals surface area contributed by atoms with Crippen LogP contribution in [0.3, 0.4) is 0 Å². The molecule has 170 valence electrons. The van der Waals surface area contributed by atoms with Gasteiger partial charge in [-0.25, -0.2) is 5.43 Å². The van der Waals surface area contributed by atoms with E-state index in [9.17, 15) is 9.59 Å². The van der Waals surface area contributed by atoms with Gasteiger partial charge in [0.15, 0.2) is 0 Å². The Morgan fingerprint density at radius 3 is 2.24 bits per heavy atom. The molecule has 0 atom stereocenters. The lowest BCUT2D eigenvalue weighted by Crippen LogP contribution is -2.20. The molecule has 2 N–H and O–H groups in total. The molecule has 0 aliphatic carbocycles. The van der Waals surface area contributed by atoms with E-state index in [0.717, 1.165) is 21.9 Å². The number of amides is 2. The zero-order valence-electron chi connectivity index (χ0n) is 18.6. The number of carbonyl (C=O) groups is 2. The van der Waals surface area contributed by atoms with Crippen molar-refractivity contribution < 1.29 is 14.3 Å². The molecule has 0 heterocycles. The normalized spacial score (nSPS) is 10.8. The largest absolute Gasteiger partial charge is 0.488 e. The molecule has 0 aliphatic rings. The maximum atomic E-state index is 12.2. The van der Waals surface area contributed by atoms with Gasteiger partial charge in [0.1, 0.15) is 12.4 Å². The summed E-state index contributed by atoms with van der Waals surface area (Å²) in [5.41, 5.74) is 5.04. The summed E-state index contributed by atoms with van der Waals surface area (Å²) >= 11 is 0. The lowest BCUT2D eigenvalue weighted by Gasteiger charge is -2.12. The third-order valence-corrected chi connectivity index (χ3v) is 5.19. The summed E-state index contributed by atoms with van der Waals surface area (Å²) in [4.78, 5) is 24.3. The third kappa shape index (κ3) is 6.29. The van der Waals surface area contributed by atoms with Gasteiger partial charge in [-0.05, 0) is 34.5 Å². The standard InChI is InChI=1S/C28H25N3O3/c32-27(30-23-12-5-2-6-13-23)17-18-28(33)31-29-19-25-24-14-8-7-11-22(24)15-16-26(25)34-20-21-9-3-1-4-10-21/h1-16,19H,17-18,20H2,(H,30,32)(H,31,33). The van der Waals surface area contributed by atoms with Crippen molar-refractivity contribution in [3.05, 3.63) is 108 Å². The molecule has 34 heavy (non-hydrogen) atoms. The van der Waals surface area contributed by atoms with Gasteiger partial charge in [0, 0.05) is 24.1 Å². The zero-order valence-corrected chi connectivity index (χ0v) is 18.6. The first kappa shape index (κ1) is 22.7. The number of hydrogen-bond acceptors (Lipinski definition) is 4. The molecule has 0 unspecified atom stereocenters. The number of nitrogens with one attached hydrogen (secondary N) is 2. The van der Waals surface area contributed by atoms with Crippen LogP contribution in [0, 0.1) is 0 Å². The van der Waals surface area contributed by atoms with Gasteiger partial charge in [-0.15, -0.1) is 0 Å². The van der Waals surface area contributed by atoms with Crippen molar-refractivity contribution in [1.82, 2.24) is 5.43 Å². The molecule has 0 radical (unpaired) electrons. The van der Waals surface area contributed by atoms with Crippen molar-refractivity contribution in [2.24, 2.45) is 5.10 Å². The second kappa shape index (κ2) is 11.4. The molecule has 0 aromatic heterocycles. The van der Waals surface area contributed by atoms with Gasteiger partial charge in [0.25, 0.3) is 0 Å². The van der Waals surface area contributed by atoms with Crippen LogP contribution in [-0.2, 0) is 16.2 Å². The number of ether oxygens (including phenoxy) is 1. The number of benzene rings is 4. The number of carbonyl (C=O) groups excluding carboxylic acids is 2. The molecule has 0 spiro atoms. The average Bonchev–Trinajstić information content (AvgIpc) is 2.88. The third-order valence-electron chi connectivity index (χ3n) is 5.19. The summed E-state index contributed by atoms with van der Waals surface area (Å²) in [6.45, 7) is 0.420. The Kier molecular flexibility index (Phi) is 7.64. The fourth-order valence-electron chi connectivity index (χ4n) is 3.47. The predicted molar refractivity (Wildman–Crippen MR) is 135 cm³/mol. The van der Waals surface area contributed by atoms with Crippen molar-refractivity contribution >= 4 is 34.5 Å². The Bertz CT molecular complexity index is 1290. The summed E-state index contributed by atoms with van der Waals surface area (Å²) in [7, 11) is 0. The van der Waals surface area contributed by atoms with Gasteiger partial charge in [-0.1, -0.05) is 78.9 Å². The van der Waals surface area contributed by atoms with Gasteiger partial charge in [0.05, 0.1) is 6.21 Å². The summed E-state index contributed by atoms with van der Waals surface area (Å²) in [5.74, 6) is 0.102. The Morgan fingerprint density at radius 2 is 1.44 bits per heavy atom. The first-order valence-electron chi connectivity index (χ1n) is 11.0. The van der Waals surface area contributed by atoms with Crippen LogP contribution < -0.4 is 15.5 Å².